The van der Waals surface area contributed by atoms with Crippen LogP contribution in [0.2, 0.25) is 0 Å². The molecule has 0 aromatic carbocycles. The molecule has 1 aliphatic rings. The first kappa shape index (κ1) is 14.6. The molecule has 0 radical (unpaired) electrons. The molecule has 0 atom stereocenters. The van der Waals surface area contributed by atoms with E-state index in [-0.39, 0.29) is 5.54 Å². The molecule has 0 saturated carbocycles. The highest BCUT2D eigenvalue weighted by molar-refractivity contribution is 5.17. The first-order valence-corrected chi connectivity index (χ1v) is 7.15. The van der Waals surface area contributed by atoms with Gasteiger partial charge in [0.1, 0.15) is 5.76 Å². The second-order valence-corrected chi connectivity index (χ2v) is 6.55. The molecule has 2 rings (SSSR count). The Kier molecular flexibility index (Phi) is 4.66. The third-order valence-corrected chi connectivity index (χ3v) is 3.61. The monoisotopic (exact) mass is 265 g/mol. The lowest BCUT2D eigenvalue weighted by Gasteiger charge is -2.32. The molecule has 0 aliphatic carbocycles. The van der Waals surface area contributed by atoms with Crippen LogP contribution in [-0.4, -0.2) is 48.6 Å². The normalized spacial score (nSPS) is 18.9. The van der Waals surface area contributed by atoms with Gasteiger partial charge in [-0.05, 0) is 33.9 Å². The summed E-state index contributed by atoms with van der Waals surface area (Å²) >= 11 is 0. The van der Waals surface area contributed by atoms with Crippen molar-refractivity contribution in [1.29, 1.82) is 0 Å². The van der Waals surface area contributed by atoms with Gasteiger partial charge in [0, 0.05) is 43.8 Å². The van der Waals surface area contributed by atoms with E-state index in [4.69, 9.17) is 4.42 Å². The van der Waals surface area contributed by atoms with Crippen molar-refractivity contribution in [2.75, 3.05) is 33.2 Å². The maximum atomic E-state index is 5.62. The zero-order valence-corrected chi connectivity index (χ0v) is 12.7. The minimum absolute atomic E-state index is 0.123. The predicted octanol–water partition coefficient (Wildman–Crippen LogP) is 1.92. The van der Waals surface area contributed by atoms with Gasteiger partial charge in [-0.3, -0.25) is 4.90 Å². The van der Waals surface area contributed by atoms with Crippen molar-refractivity contribution in [1.82, 2.24) is 15.1 Å². The smallest absolute Gasteiger partial charge is 0.122 e. The molecule has 108 valence electrons. The van der Waals surface area contributed by atoms with Crippen molar-refractivity contribution < 1.29 is 4.42 Å². The van der Waals surface area contributed by atoms with Crippen molar-refractivity contribution in [2.45, 2.75) is 39.4 Å². The summed E-state index contributed by atoms with van der Waals surface area (Å²) in [6.07, 6.45) is 1.81. The van der Waals surface area contributed by atoms with Crippen molar-refractivity contribution in [2.24, 2.45) is 0 Å². The Balaban J connectivity index is 1.88. The van der Waals surface area contributed by atoms with Crippen LogP contribution in [0.25, 0.3) is 0 Å². The second-order valence-electron chi connectivity index (χ2n) is 6.55. The molecule has 1 saturated heterocycles. The minimum Gasteiger partial charge on any atom is -0.468 e. The molecule has 0 bridgehead atoms. The van der Waals surface area contributed by atoms with Crippen LogP contribution >= 0.6 is 0 Å². The fraction of sp³-hybridized carbons (Fsp3) is 0.733. The highest BCUT2D eigenvalue weighted by Gasteiger charge is 2.17. The molecule has 0 unspecified atom stereocenters. The van der Waals surface area contributed by atoms with Gasteiger partial charge in [0.25, 0.3) is 0 Å². The Bertz CT molecular complexity index is 386. The summed E-state index contributed by atoms with van der Waals surface area (Å²) in [6, 6.07) is 2.11. The van der Waals surface area contributed by atoms with E-state index in [9.17, 15) is 0 Å². The number of hydrogen-bond donors (Lipinski definition) is 1. The Morgan fingerprint density at radius 2 is 1.89 bits per heavy atom. The third-order valence-electron chi connectivity index (χ3n) is 3.61. The average molecular weight is 265 g/mol. The van der Waals surface area contributed by atoms with E-state index in [1.54, 1.807) is 0 Å². The van der Waals surface area contributed by atoms with Gasteiger partial charge in [0.15, 0.2) is 0 Å². The molecular formula is C15H27N3O. The maximum Gasteiger partial charge on any atom is 0.122 e. The number of likely N-dealkylation sites (N-methyl/N-ethyl adjacent to an activating group) is 1. The molecule has 4 nitrogen and oxygen atoms in total. The predicted molar refractivity (Wildman–Crippen MR) is 78.1 cm³/mol. The molecule has 1 N–H and O–H groups in total. The van der Waals surface area contributed by atoms with Crippen LogP contribution in [0.3, 0.4) is 0 Å². The molecule has 0 spiro atoms. The number of rotatable bonds is 4. The topological polar surface area (TPSA) is 31.6 Å². The van der Waals surface area contributed by atoms with Crippen LogP contribution in [0.4, 0.5) is 0 Å². The van der Waals surface area contributed by atoms with Gasteiger partial charge >= 0.3 is 0 Å². The standard InChI is InChI=1S/C15H27N3O/c1-15(2,3)16-11-14-13(5-10-19-14)12-18-8-6-17(4)7-9-18/h5,10,16H,6-9,11-12H2,1-4H3. The van der Waals surface area contributed by atoms with E-state index >= 15 is 0 Å². The van der Waals surface area contributed by atoms with Gasteiger partial charge in [0.05, 0.1) is 12.8 Å². The van der Waals surface area contributed by atoms with Gasteiger partial charge in [0.2, 0.25) is 0 Å². The fourth-order valence-electron chi connectivity index (χ4n) is 2.26. The Morgan fingerprint density at radius 1 is 1.21 bits per heavy atom. The number of nitrogens with zero attached hydrogens (tertiary/aromatic N) is 2. The van der Waals surface area contributed by atoms with Gasteiger partial charge in [-0.2, -0.15) is 0 Å². The van der Waals surface area contributed by atoms with Gasteiger partial charge in [-0.15, -0.1) is 0 Å². The molecule has 1 aromatic rings. The lowest BCUT2D eigenvalue weighted by molar-refractivity contribution is 0.147. The van der Waals surface area contributed by atoms with Crippen LogP contribution in [0.5, 0.6) is 0 Å². The van der Waals surface area contributed by atoms with Crippen molar-refractivity contribution in [3.63, 3.8) is 0 Å². The second kappa shape index (κ2) is 6.07. The SMILES string of the molecule is CN1CCN(Cc2ccoc2CNC(C)(C)C)CC1. The Hall–Kier alpha value is -0.840. The summed E-state index contributed by atoms with van der Waals surface area (Å²) < 4.78 is 5.62. The Labute approximate surface area is 116 Å². The summed E-state index contributed by atoms with van der Waals surface area (Å²) in [4.78, 5) is 4.89. The number of piperazine rings is 1. The van der Waals surface area contributed by atoms with Crippen molar-refractivity contribution in [3.05, 3.63) is 23.7 Å². The highest BCUT2D eigenvalue weighted by Crippen LogP contribution is 2.15. The summed E-state index contributed by atoms with van der Waals surface area (Å²) in [6.45, 7) is 13.0. The zero-order chi connectivity index (χ0) is 13.9. The van der Waals surface area contributed by atoms with Crippen LogP contribution in [0.1, 0.15) is 32.1 Å². The van der Waals surface area contributed by atoms with E-state index in [0.29, 0.717) is 0 Å². The minimum atomic E-state index is 0.123. The molecule has 1 fully saturated rings. The molecule has 19 heavy (non-hydrogen) atoms. The zero-order valence-electron chi connectivity index (χ0n) is 12.7. The molecule has 0 amide bonds. The summed E-state index contributed by atoms with van der Waals surface area (Å²) in [5.74, 6) is 1.08. The molecular weight excluding hydrogens is 238 g/mol. The lowest BCUT2D eigenvalue weighted by atomic mass is 10.1. The fourth-order valence-corrected chi connectivity index (χ4v) is 2.26. The molecule has 1 aliphatic heterocycles. The van der Waals surface area contributed by atoms with Crippen molar-refractivity contribution in [3.8, 4) is 0 Å². The van der Waals surface area contributed by atoms with Crippen molar-refractivity contribution >= 4 is 0 Å². The van der Waals surface area contributed by atoms with Crippen LogP contribution in [-0.2, 0) is 13.1 Å². The maximum absolute atomic E-state index is 5.62. The summed E-state index contributed by atoms with van der Waals surface area (Å²) in [5.41, 5.74) is 1.44. The van der Waals surface area contributed by atoms with E-state index in [1.165, 1.54) is 5.56 Å². The van der Waals surface area contributed by atoms with Gasteiger partial charge < -0.3 is 14.6 Å². The molecule has 2 heterocycles. The molecule has 4 heteroatoms. The summed E-state index contributed by atoms with van der Waals surface area (Å²) in [7, 11) is 2.19. The first-order chi connectivity index (χ1) is 8.94. The van der Waals surface area contributed by atoms with Crippen LogP contribution in [0.15, 0.2) is 16.7 Å². The van der Waals surface area contributed by atoms with Crippen LogP contribution in [0, 0.1) is 0 Å². The van der Waals surface area contributed by atoms with Crippen LogP contribution < -0.4 is 5.32 Å². The number of hydrogen-bond acceptors (Lipinski definition) is 4. The third kappa shape index (κ3) is 4.64. The van der Waals surface area contributed by atoms with E-state index in [2.05, 4.69) is 49.0 Å². The number of nitrogens with one attached hydrogen (secondary N) is 1. The van der Waals surface area contributed by atoms with E-state index in [0.717, 1.165) is 45.0 Å². The number of furan rings is 1. The largest absolute Gasteiger partial charge is 0.468 e. The van der Waals surface area contributed by atoms with E-state index in [1.807, 2.05) is 6.26 Å². The van der Waals surface area contributed by atoms with E-state index < -0.39 is 0 Å². The van der Waals surface area contributed by atoms with Gasteiger partial charge in [-0.1, -0.05) is 0 Å². The Morgan fingerprint density at radius 3 is 2.53 bits per heavy atom. The summed E-state index contributed by atoms with van der Waals surface area (Å²) in [5, 5.41) is 3.49. The lowest BCUT2D eigenvalue weighted by Crippen LogP contribution is -2.44. The highest BCUT2D eigenvalue weighted by atomic mass is 16.3. The van der Waals surface area contributed by atoms with Gasteiger partial charge in [-0.25, -0.2) is 0 Å². The average Bonchev–Trinajstić information content (AvgIpc) is 2.76. The first-order valence-electron chi connectivity index (χ1n) is 7.15. The molecule has 1 aromatic heterocycles. The quantitative estimate of drug-likeness (QED) is 0.901.